The number of carbonyl (C=O) groups is 1. The number of pyridine rings is 1. The van der Waals surface area contributed by atoms with Crippen molar-refractivity contribution in [1.29, 1.82) is 5.26 Å². The van der Waals surface area contributed by atoms with Crippen LogP contribution in [0.4, 0.5) is 11.4 Å². The highest BCUT2D eigenvalue weighted by atomic mass is 16.1. The van der Waals surface area contributed by atoms with Crippen LogP contribution < -0.4 is 10.6 Å². The van der Waals surface area contributed by atoms with Gasteiger partial charge in [0, 0.05) is 24.5 Å². The third kappa shape index (κ3) is 2.96. The molecular weight excluding hydrogens is 276 g/mol. The Morgan fingerprint density at radius 2 is 2.05 bits per heavy atom. The van der Waals surface area contributed by atoms with Gasteiger partial charge in [0.05, 0.1) is 23.0 Å². The quantitative estimate of drug-likeness (QED) is 0.890. The van der Waals surface area contributed by atoms with Gasteiger partial charge in [0.1, 0.15) is 0 Å². The Hall–Kier alpha value is -3.13. The van der Waals surface area contributed by atoms with Gasteiger partial charge in [-0.3, -0.25) is 9.78 Å². The molecule has 0 saturated heterocycles. The van der Waals surface area contributed by atoms with E-state index in [1.807, 2.05) is 24.4 Å². The molecule has 0 bridgehead atoms. The zero-order valence-corrected chi connectivity index (χ0v) is 11.8. The molecule has 1 amide bonds. The van der Waals surface area contributed by atoms with Gasteiger partial charge >= 0.3 is 0 Å². The minimum absolute atomic E-state index is 0.00368. The van der Waals surface area contributed by atoms with Gasteiger partial charge in [-0.2, -0.15) is 5.26 Å². The van der Waals surface area contributed by atoms with Crippen molar-refractivity contribution in [3.05, 3.63) is 60.1 Å². The van der Waals surface area contributed by atoms with E-state index in [-0.39, 0.29) is 5.91 Å². The van der Waals surface area contributed by atoms with Crippen LogP contribution in [0.3, 0.4) is 0 Å². The van der Waals surface area contributed by atoms with Crippen molar-refractivity contribution in [3.8, 4) is 6.07 Å². The summed E-state index contributed by atoms with van der Waals surface area (Å²) in [5.74, 6) is -0.00368. The van der Waals surface area contributed by atoms with E-state index >= 15 is 0 Å². The fourth-order valence-corrected chi connectivity index (χ4v) is 2.29. The first kappa shape index (κ1) is 13.8. The molecular formula is C17H14N4O. The van der Waals surface area contributed by atoms with E-state index < -0.39 is 0 Å². The van der Waals surface area contributed by atoms with Crippen LogP contribution in [0.15, 0.2) is 48.8 Å². The first-order valence-corrected chi connectivity index (χ1v) is 6.97. The molecule has 0 radical (unpaired) electrons. The van der Waals surface area contributed by atoms with Crippen LogP contribution in [0.2, 0.25) is 0 Å². The highest BCUT2D eigenvalue weighted by molar-refractivity contribution is 5.96. The maximum atomic E-state index is 11.7. The van der Waals surface area contributed by atoms with E-state index in [1.165, 1.54) is 0 Å². The lowest BCUT2D eigenvalue weighted by molar-refractivity contribution is -0.116. The molecule has 2 heterocycles. The van der Waals surface area contributed by atoms with E-state index in [0.29, 0.717) is 18.4 Å². The summed E-state index contributed by atoms with van der Waals surface area (Å²) in [5.41, 5.74) is 3.99. The zero-order valence-electron chi connectivity index (χ0n) is 11.8. The first-order chi connectivity index (χ1) is 10.8. The van der Waals surface area contributed by atoms with E-state index in [4.69, 9.17) is 5.26 Å². The smallest absolute Gasteiger partial charge is 0.224 e. The Labute approximate surface area is 128 Å². The van der Waals surface area contributed by atoms with Gasteiger partial charge in [0.15, 0.2) is 0 Å². The third-order valence-corrected chi connectivity index (χ3v) is 3.43. The standard InChI is InChI=1S/C17H14N4O/c18-10-12-3-6-14(7-4-12)20-11-13-5-8-16(22)21-15-2-1-9-19-17(13)15/h1-4,6-7,9,11,20H,5,8H2,(H,21,22)/b13-11+. The van der Waals surface area contributed by atoms with Gasteiger partial charge in [0.2, 0.25) is 5.91 Å². The van der Waals surface area contributed by atoms with Gasteiger partial charge in [-0.05, 0) is 48.4 Å². The maximum absolute atomic E-state index is 11.7. The summed E-state index contributed by atoms with van der Waals surface area (Å²) >= 11 is 0. The molecule has 5 heteroatoms. The fourth-order valence-electron chi connectivity index (χ4n) is 2.29. The summed E-state index contributed by atoms with van der Waals surface area (Å²) < 4.78 is 0. The molecule has 0 saturated carbocycles. The zero-order chi connectivity index (χ0) is 15.4. The lowest BCUT2D eigenvalue weighted by Gasteiger charge is -2.08. The lowest BCUT2D eigenvalue weighted by atomic mass is 10.1. The minimum Gasteiger partial charge on any atom is -0.361 e. The molecule has 1 aromatic heterocycles. The Morgan fingerprint density at radius 1 is 1.23 bits per heavy atom. The molecule has 0 spiro atoms. The van der Waals surface area contributed by atoms with Crippen LogP contribution in [0, 0.1) is 11.3 Å². The number of aromatic nitrogens is 1. The number of amides is 1. The molecule has 2 N–H and O–H groups in total. The number of nitrogens with one attached hydrogen (secondary N) is 2. The number of allylic oxidation sites excluding steroid dienone is 1. The summed E-state index contributed by atoms with van der Waals surface area (Å²) in [4.78, 5) is 16.1. The number of nitrogens with zero attached hydrogens (tertiary/aromatic N) is 2. The predicted octanol–water partition coefficient (Wildman–Crippen LogP) is 3.14. The molecule has 1 aromatic carbocycles. The number of carbonyl (C=O) groups excluding carboxylic acids is 1. The summed E-state index contributed by atoms with van der Waals surface area (Å²) in [5, 5.41) is 14.9. The van der Waals surface area contributed by atoms with E-state index in [2.05, 4.69) is 21.7 Å². The van der Waals surface area contributed by atoms with Crippen LogP contribution in [0.5, 0.6) is 0 Å². The molecule has 0 aliphatic carbocycles. The molecule has 0 fully saturated rings. The SMILES string of the molecule is N#Cc1ccc(N/C=C2\CCC(=O)Nc3cccnc32)cc1. The highest BCUT2D eigenvalue weighted by Gasteiger charge is 2.17. The Morgan fingerprint density at radius 3 is 2.82 bits per heavy atom. The Kier molecular flexibility index (Phi) is 3.84. The molecule has 5 nitrogen and oxygen atoms in total. The monoisotopic (exact) mass is 290 g/mol. The maximum Gasteiger partial charge on any atom is 0.224 e. The van der Waals surface area contributed by atoms with Crippen molar-refractivity contribution in [3.63, 3.8) is 0 Å². The van der Waals surface area contributed by atoms with Gasteiger partial charge in [-0.15, -0.1) is 0 Å². The second-order valence-corrected chi connectivity index (χ2v) is 4.95. The minimum atomic E-state index is -0.00368. The number of fused-ring (bicyclic) bond motifs is 1. The third-order valence-electron chi connectivity index (χ3n) is 3.43. The van der Waals surface area contributed by atoms with Crippen molar-refractivity contribution >= 4 is 22.9 Å². The van der Waals surface area contributed by atoms with Crippen LogP contribution >= 0.6 is 0 Å². The molecule has 3 rings (SSSR count). The second kappa shape index (κ2) is 6.10. The Balaban J connectivity index is 1.86. The second-order valence-electron chi connectivity index (χ2n) is 4.95. The average molecular weight is 290 g/mol. The number of nitriles is 1. The van der Waals surface area contributed by atoms with Crippen LogP contribution in [0.1, 0.15) is 24.1 Å². The van der Waals surface area contributed by atoms with Gasteiger partial charge in [-0.25, -0.2) is 0 Å². The molecule has 108 valence electrons. The van der Waals surface area contributed by atoms with E-state index in [0.717, 1.165) is 22.6 Å². The number of anilines is 2. The van der Waals surface area contributed by atoms with Crippen LogP contribution in [0.25, 0.3) is 5.57 Å². The van der Waals surface area contributed by atoms with E-state index in [9.17, 15) is 4.79 Å². The highest BCUT2D eigenvalue weighted by Crippen LogP contribution is 2.28. The molecule has 22 heavy (non-hydrogen) atoms. The number of rotatable bonds is 2. The predicted molar refractivity (Wildman–Crippen MR) is 84.9 cm³/mol. The Bertz CT molecular complexity index is 772. The molecule has 0 unspecified atom stereocenters. The van der Waals surface area contributed by atoms with Crippen LogP contribution in [-0.4, -0.2) is 10.9 Å². The molecule has 1 aliphatic heterocycles. The largest absolute Gasteiger partial charge is 0.361 e. The van der Waals surface area contributed by atoms with Gasteiger partial charge in [0.25, 0.3) is 0 Å². The summed E-state index contributed by atoms with van der Waals surface area (Å²) in [7, 11) is 0. The lowest BCUT2D eigenvalue weighted by Crippen LogP contribution is -2.09. The molecule has 1 aliphatic rings. The number of hydrogen-bond acceptors (Lipinski definition) is 4. The van der Waals surface area contributed by atoms with Crippen molar-refractivity contribution in [1.82, 2.24) is 4.98 Å². The van der Waals surface area contributed by atoms with Gasteiger partial charge < -0.3 is 10.6 Å². The normalized spacial score (nSPS) is 15.4. The molecule has 0 atom stereocenters. The van der Waals surface area contributed by atoms with Crippen LogP contribution in [-0.2, 0) is 4.79 Å². The summed E-state index contributed by atoms with van der Waals surface area (Å²) in [6.45, 7) is 0. The van der Waals surface area contributed by atoms with E-state index in [1.54, 1.807) is 24.4 Å². The van der Waals surface area contributed by atoms with Gasteiger partial charge in [-0.1, -0.05) is 0 Å². The van der Waals surface area contributed by atoms with Crippen molar-refractivity contribution < 1.29 is 4.79 Å². The number of benzene rings is 1. The van der Waals surface area contributed by atoms with Crippen molar-refractivity contribution in [2.24, 2.45) is 0 Å². The van der Waals surface area contributed by atoms with Crippen molar-refractivity contribution in [2.45, 2.75) is 12.8 Å². The first-order valence-electron chi connectivity index (χ1n) is 6.97. The topological polar surface area (TPSA) is 77.8 Å². The summed E-state index contributed by atoms with van der Waals surface area (Å²) in [6, 6.07) is 12.9. The molecule has 2 aromatic rings. The fraction of sp³-hybridized carbons (Fsp3) is 0.118. The van der Waals surface area contributed by atoms with Crippen molar-refractivity contribution in [2.75, 3.05) is 10.6 Å². The average Bonchev–Trinajstić information content (AvgIpc) is 2.72. The number of hydrogen-bond donors (Lipinski definition) is 2. The summed E-state index contributed by atoms with van der Waals surface area (Å²) in [6.07, 6.45) is 4.63.